The third-order valence-electron chi connectivity index (χ3n) is 11.6. The molecule has 0 radical (unpaired) electrons. The summed E-state index contributed by atoms with van der Waals surface area (Å²) in [6.45, 7) is 6.29. The number of carbonyl (C=O) groups is 1. The molecule has 6 atom stereocenters. The van der Waals surface area contributed by atoms with Crippen molar-refractivity contribution in [1.82, 2.24) is 4.90 Å². The van der Waals surface area contributed by atoms with Crippen LogP contribution >= 0.6 is 0 Å². The number of carbonyl (C=O) groups excluding carboxylic acids is 1. The van der Waals surface area contributed by atoms with E-state index in [0.717, 1.165) is 36.8 Å². The van der Waals surface area contributed by atoms with Crippen LogP contribution in [0.15, 0.2) is 102 Å². The molecule has 1 aliphatic heterocycles. The maximum absolute atomic E-state index is 14.2. The van der Waals surface area contributed by atoms with E-state index in [4.69, 9.17) is 19.0 Å². The Morgan fingerprint density at radius 1 is 0.983 bits per heavy atom. The van der Waals surface area contributed by atoms with E-state index in [-0.39, 0.29) is 61.3 Å². The van der Waals surface area contributed by atoms with E-state index < -0.39 is 27.6 Å². The first kappa shape index (κ1) is 43.7. The molecule has 3 aromatic carbocycles. The van der Waals surface area contributed by atoms with E-state index in [0.29, 0.717) is 48.0 Å². The van der Waals surface area contributed by atoms with Crippen LogP contribution in [0.1, 0.15) is 68.9 Å². The molecule has 1 heterocycles. The van der Waals surface area contributed by atoms with Crippen LogP contribution in [0.2, 0.25) is 0 Å². The number of aliphatic hydroxyl groups is 2. The number of nitrogens with zero attached hydrogens (tertiary/aromatic N) is 4. The predicted molar refractivity (Wildman–Crippen MR) is 225 cm³/mol. The van der Waals surface area contributed by atoms with Crippen molar-refractivity contribution in [3.8, 4) is 17.2 Å². The number of nitro groups is 2. The van der Waals surface area contributed by atoms with Crippen LogP contribution in [0.4, 0.5) is 11.4 Å². The molecule has 1 amide bonds. The number of nitro benzene ring substituents is 2. The first-order valence-electron chi connectivity index (χ1n) is 20.4. The minimum atomic E-state index is -1.47. The standard InChI is InChI=1S/C45H52N4O11/c1-4-25-57-45-41(47(3)42(52)22-17-30-15-18-32(19-16-30)48(53)54)29-39(46-58-5-2)37-26-31(11-6-8-23-50)36(14-7-9-24-51)43(44(37)45)38-28-35(20-21-40(38)60-45)59-34-13-10-12-33(27-34)49(55)56/h4,10,12-13,15-22,26-28,31,36,41,43-44,50-51H,1,5-9,11,14,23-25,29H2,2-3H3. The smallest absolute Gasteiger partial charge is 0.273 e. The highest BCUT2D eigenvalue weighted by molar-refractivity contribution is 6.03. The Kier molecular flexibility index (Phi) is 14.5. The molecule has 0 spiro atoms. The monoisotopic (exact) mass is 824 g/mol. The molecular weight excluding hydrogens is 773 g/mol. The van der Waals surface area contributed by atoms with Crippen LogP contribution in [0.25, 0.3) is 6.08 Å². The van der Waals surface area contributed by atoms with Gasteiger partial charge in [-0.25, -0.2) is 0 Å². The van der Waals surface area contributed by atoms with Crippen LogP contribution in [0.3, 0.4) is 0 Å². The Bertz CT molecular complexity index is 2120. The van der Waals surface area contributed by atoms with Gasteiger partial charge in [0.15, 0.2) is 0 Å². The second kappa shape index (κ2) is 19.9. The van der Waals surface area contributed by atoms with Gasteiger partial charge in [0.1, 0.15) is 29.9 Å². The minimum absolute atomic E-state index is 0.0169. The predicted octanol–water partition coefficient (Wildman–Crippen LogP) is 8.12. The summed E-state index contributed by atoms with van der Waals surface area (Å²) in [5, 5.41) is 47.1. The molecule has 15 heteroatoms. The van der Waals surface area contributed by atoms with Crippen molar-refractivity contribution >= 4 is 29.1 Å². The molecular formula is C45H52N4O11. The number of ether oxygens (including phenoxy) is 3. The van der Waals surface area contributed by atoms with Gasteiger partial charge in [-0.2, -0.15) is 0 Å². The van der Waals surface area contributed by atoms with Gasteiger partial charge < -0.3 is 34.2 Å². The number of hydrogen-bond acceptors (Lipinski definition) is 12. The van der Waals surface area contributed by atoms with Crippen molar-refractivity contribution in [2.24, 2.45) is 22.9 Å². The van der Waals surface area contributed by atoms with E-state index in [2.05, 4.69) is 17.8 Å². The van der Waals surface area contributed by atoms with Gasteiger partial charge in [0.2, 0.25) is 11.7 Å². The fourth-order valence-electron chi connectivity index (χ4n) is 8.88. The second-order valence-electron chi connectivity index (χ2n) is 15.2. The van der Waals surface area contributed by atoms with Crippen LogP contribution in [-0.2, 0) is 14.4 Å². The van der Waals surface area contributed by atoms with Crippen LogP contribution in [0.5, 0.6) is 17.2 Å². The number of non-ortho nitro benzene ring substituents is 2. The Morgan fingerprint density at radius 2 is 1.70 bits per heavy atom. The van der Waals surface area contributed by atoms with E-state index >= 15 is 0 Å². The molecule has 2 N–H and O–H groups in total. The third kappa shape index (κ3) is 9.43. The number of benzene rings is 3. The van der Waals surface area contributed by atoms with Gasteiger partial charge in [-0.15, -0.1) is 6.58 Å². The number of fused-ring (bicyclic) bond motifs is 2. The Labute approximate surface area is 348 Å². The van der Waals surface area contributed by atoms with Gasteiger partial charge in [-0.3, -0.25) is 25.0 Å². The highest BCUT2D eigenvalue weighted by Gasteiger charge is 2.65. The fraction of sp³-hybridized carbons (Fsp3) is 0.422. The molecule has 3 aliphatic rings. The quantitative estimate of drug-likeness (QED) is 0.0367. The maximum atomic E-state index is 14.2. The number of unbranched alkanes of at least 4 members (excludes halogenated alkanes) is 2. The van der Waals surface area contributed by atoms with Gasteiger partial charge in [-0.1, -0.05) is 36.2 Å². The van der Waals surface area contributed by atoms with Gasteiger partial charge >= 0.3 is 0 Å². The van der Waals surface area contributed by atoms with E-state index in [1.807, 2.05) is 13.0 Å². The number of amides is 1. The van der Waals surface area contributed by atoms with Gasteiger partial charge in [0, 0.05) is 62.4 Å². The zero-order valence-corrected chi connectivity index (χ0v) is 33.9. The SMILES string of the molecule is C=CCOC12Oc3ccc(Oc4cccc([N+](=O)[O-])c4)cc3C3C(CCCCO)C(CCCCO)C=C(C(=NOCC)CC1N(C)C(=O)C=Cc1ccc([N+](=O)[O-])cc1)C32. The maximum Gasteiger partial charge on any atom is 0.273 e. The van der Waals surface area contributed by atoms with Crippen LogP contribution in [0, 0.1) is 38.0 Å². The van der Waals surface area contributed by atoms with E-state index in [9.17, 15) is 35.2 Å². The molecule has 15 nitrogen and oxygen atoms in total. The highest BCUT2D eigenvalue weighted by Crippen LogP contribution is 2.62. The zero-order chi connectivity index (χ0) is 42.8. The Morgan fingerprint density at radius 3 is 2.38 bits per heavy atom. The van der Waals surface area contributed by atoms with Gasteiger partial charge in [0.05, 0.1) is 34.1 Å². The van der Waals surface area contributed by atoms with Crippen molar-refractivity contribution in [2.75, 3.05) is 33.5 Å². The number of likely N-dealkylation sites (N-methyl/N-ethyl adjacent to an activating group) is 1. The van der Waals surface area contributed by atoms with Crippen LogP contribution < -0.4 is 9.47 Å². The molecule has 6 unspecified atom stereocenters. The summed E-state index contributed by atoms with van der Waals surface area (Å²) in [5.74, 6) is -1.44. The molecule has 3 aromatic rings. The van der Waals surface area contributed by atoms with E-state index in [1.54, 1.807) is 60.5 Å². The summed E-state index contributed by atoms with van der Waals surface area (Å²) in [4.78, 5) is 43.4. The molecule has 60 heavy (non-hydrogen) atoms. The van der Waals surface area contributed by atoms with Gasteiger partial charge in [0.25, 0.3) is 11.4 Å². The summed E-state index contributed by atoms with van der Waals surface area (Å²) in [6, 6.07) is 16.6. The summed E-state index contributed by atoms with van der Waals surface area (Å²) < 4.78 is 20.3. The summed E-state index contributed by atoms with van der Waals surface area (Å²) in [6.07, 6.45) is 11.4. The van der Waals surface area contributed by atoms with E-state index in [1.165, 1.54) is 30.3 Å². The lowest BCUT2D eigenvalue weighted by Crippen LogP contribution is -2.69. The number of aliphatic hydroxyl groups excluding tert-OH is 2. The lowest BCUT2D eigenvalue weighted by molar-refractivity contribution is -0.385. The average molecular weight is 825 g/mol. The normalized spacial score (nSPS) is 23.5. The van der Waals surface area contributed by atoms with Crippen molar-refractivity contribution < 1.29 is 43.9 Å². The molecule has 2 aliphatic carbocycles. The van der Waals surface area contributed by atoms with Crippen molar-refractivity contribution in [2.45, 2.75) is 69.6 Å². The Hall–Kier alpha value is -5.90. The van der Waals surface area contributed by atoms with Crippen molar-refractivity contribution in [3.05, 3.63) is 128 Å². The number of hydrogen-bond donors (Lipinski definition) is 2. The summed E-state index contributed by atoms with van der Waals surface area (Å²) >= 11 is 0. The largest absolute Gasteiger partial charge is 0.459 e. The van der Waals surface area contributed by atoms with Crippen LogP contribution in [-0.4, -0.2) is 81.9 Å². The van der Waals surface area contributed by atoms with Crippen molar-refractivity contribution in [1.29, 1.82) is 0 Å². The Balaban J connectivity index is 1.52. The number of rotatable bonds is 20. The number of oxime groups is 1. The topological polar surface area (TPSA) is 196 Å². The van der Waals surface area contributed by atoms with Gasteiger partial charge in [-0.05, 0) is 98.1 Å². The summed E-state index contributed by atoms with van der Waals surface area (Å²) in [5.41, 5.74) is 2.78. The second-order valence-corrected chi connectivity index (χ2v) is 15.2. The zero-order valence-electron chi connectivity index (χ0n) is 33.9. The molecule has 0 aromatic heterocycles. The number of allylic oxidation sites excluding steroid dienone is 1. The molecule has 318 valence electrons. The summed E-state index contributed by atoms with van der Waals surface area (Å²) in [7, 11) is 1.68. The molecule has 6 rings (SSSR count). The van der Waals surface area contributed by atoms with Crippen molar-refractivity contribution in [3.63, 3.8) is 0 Å². The third-order valence-corrected chi connectivity index (χ3v) is 11.6. The lowest BCUT2D eigenvalue weighted by Gasteiger charge is -2.59. The lowest BCUT2D eigenvalue weighted by atomic mass is 9.55. The molecule has 1 saturated carbocycles. The molecule has 0 bridgehead atoms. The average Bonchev–Trinajstić information content (AvgIpc) is 3.25. The molecule has 0 saturated heterocycles. The first-order valence-corrected chi connectivity index (χ1v) is 20.4. The fourth-order valence-corrected chi connectivity index (χ4v) is 8.88. The molecule has 1 fully saturated rings. The first-order chi connectivity index (χ1) is 29.0. The minimum Gasteiger partial charge on any atom is -0.459 e. The highest BCUT2D eigenvalue weighted by atomic mass is 16.7.